The lowest BCUT2D eigenvalue weighted by atomic mass is 10.1. The third-order valence-corrected chi connectivity index (χ3v) is 3.04. The molecule has 0 atom stereocenters. The van der Waals surface area contributed by atoms with Gasteiger partial charge in [0.25, 0.3) is 5.91 Å². The number of carbonyl (C=O) groups is 1. The second-order valence-electron chi connectivity index (χ2n) is 4.17. The molecule has 2 aromatic rings. The number of nitrogens with one attached hydrogen (secondary N) is 1. The van der Waals surface area contributed by atoms with Gasteiger partial charge in [-0.25, -0.2) is 4.98 Å². The Bertz CT molecular complexity index is 716. The van der Waals surface area contributed by atoms with Crippen LogP contribution >= 0.6 is 11.6 Å². The summed E-state index contributed by atoms with van der Waals surface area (Å²) in [4.78, 5) is 25.5. The fraction of sp³-hybridized carbons (Fsp3) is 0.0769. The van der Waals surface area contributed by atoms with Crippen molar-refractivity contribution < 1.29 is 14.1 Å². The van der Waals surface area contributed by atoms with E-state index in [1.807, 2.05) is 0 Å². The molecule has 0 saturated heterocycles. The zero-order chi connectivity index (χ0) is 15.6. The van der Waals surface area contributed by atoms with Crippen molar-refractivity contribution in [2.24, 2.45) is 0 Å². The van der Waals surface area contributed by atoms with Crippen molar-refractivity contribution in [1.29, 1.82) is 0 Å². The number of pyridine rings is 1. The van der Waals surface area contributed by atoms with Gasteiger partial charge in [0.15, 0.2) is 5.15 Å². The molecule has 1 N–H and O–H groups in total. The van der Waals surface area contributed by atoms with Crippen LogP contribution in [0.2, 0.25) is 5.15 Å². The Morgan fingerprint density at radius 1 is 1.43 bits per heavy atom. The van der Waals surface area contributed by atoms with E-state index in [9.17, 15) is 19.3 Å². The third-order valence-electron chi connectivity index (χ3n) is 2.76. The first kappa shape index (κ1) is 14.9. The van der Waals surface area contributed by atoms with Crippen molar-refractivity contribution in [3.8, 4) is 0 Å². The Morgan fingerprint density at radius 2 is 2.14 bits per heavy atom. The fourth-order valence-corrected chi connectivity index (χ4v) is 1.91. The molecule has 21 heavy (non-hydrogen) atoms. The molecule has 1 amide bonds. The summed E-state index contributed by atoms with van der Waals surface area (Å²) >= 11 is 5.87. The monoisotopic (exact) mass is 309 g/mol. The van der Waals surface area contributed by atoms with Crippen LogP contribution in [0.5, 0.6) is 0 Å². The summed E-state index contributed by atoms with van der Waals surface area (Å²) in [5.41, 5.74) is 0.244. The molecule has 0 unspecified atom stereocenters. The van der Waals surface area contributed by atoms with Crippen LogP contribution in [0.1, 0.15) is 15.9 Å². The van der Waals surface area contributed by atoms with E-state index in [1.54, 1.807) is 13.0 Å². The molecule has 1 aromatic heterocycles. The molecule has 2 rings (SSSR count). The molecule has 1 aromatic carbocycles. The van der Waals surface area contributed by atoms with Gasteiger partial charge in [-0.15, -0.1) is 0 Å². The molecule has 0 saturated carbocycles. The van der Waals surface area contributed by atoms with Crippen LogP contribution in [0, 0.1) is 22.9 Å². The number of aryl methyl sites for hydroxylation is 1. The van der Waals surface area contributed by atoms with Gasteiger partial charge in [0.05, 0.1) is 10.6 Å². The molecular weight excluding hydrogens is 301 g/mol. The van der Waals surface area contributed by atoms with E-state index in [0.29, 0.717) is 11.3 Å². The number of nitro benzene ring substituents is 1. The van der Waals surface area contributed by atoms with Crippen molar-refractivity contribution >= 4 is 28.9 Å². The number of carbonyl (C=O) groups excluding carboxylic acids is 1. The number of anilines is 1. The summed E-state index contributed by atoms with van der Waals surface area (Å²) in [6.07, 6.45) is 1.48. The number of halogens is 2. The first-order valence-electron chi connectivity index (χ1n) is 5.76. The highest BCUT2D eigenvalue weighted by Crippen LogP contribution is 2.24. The summed E-state index contributed by atoms with van der Waals surface area (Å²) < 4.78 is 13.5. The smallest absolute Gasteiger partial charge is 0.304 e. The molecule has 0 spiro atoms. The van der Waals surface area contributed by atoms with Crippen molar-refractivity contribution in [3.05, 3.63) is 62.7 Å². The predicted octanol–water partition coefficient (Wildman–Crippen LogP) is 3.34. The standard InChI is InChI=1S/C13H9ClFN3O3/c1-7-4-5-16-12(14)11(7)17-13(19)8-2-3-10(18(20)21)9(15)6-8/h2-6H,1H3,(H,17,19). The van der Waals surface area contributed by atoms with Gasteiger partial charge in [0.2, 0.25) is 5.82 Å². The Morgan fingerprint density at radius 3 is 2.71 bits per heavy atom. The number of nitrogens with zero attached hydrogens (tertiary/aromatic N) is 2. The van der Waals surface area contributed by atoms with Gasteiger partial charge in [-0.1, -0.05) is 11.6 Å². The number of amides is 1. The van der Waals surface area contributed by atoms with Crippen molar-refractivity contribution in [1.82, 2.24) is 4.98 Å². The molecule has 108 valence electrons. The Labute approximate surface area is 123 Å². The number of rotatable bonds is 3. The second-order valence-corrected chi connectivity index (χ2v) is 4.53. The number of nitro groups is 1. The average Bonchev–Trinajstić information content (AvgIpc) is 2.42. The van der Waals surface area contributed by atoms with Crippen molar-refractivity contribution in [3.63, 3.8) is 0 Å². The van der Waals surface area contributed by atoms with Crippen molar-refractivity contribution in [2.75, 3.05) is 5.32 Å². The molecule has 0 fully saturated rings. The first-order valence-corrected chi connectivity index (χ1v) is 6.14. The maximum Gasteiger partial charge on any atom is 0.304 e. The fourth-order valence-electron chi connectivity index (χ4n) is 1.66. The van der Waals surface area contributed by atoms with Crippen LogP contribution < -0.4 is 5.32 Å². The number of hydrogen-bond acceptors (Lipinski definition) is 4. The summed E-state index contributed by atoms with van der Waals surface area (Å²) in [5, 5.41) is 13.1. The van der Waals surface area contributed by atoms with E-state index < -0.39 is 22.3 Å². The molecule has 0 radical (unpaired) electrons. The van der Waals surface area contributed by atoms with Gasteiger partial charge in [0.1, 0.15) is 0 Å². The topological polar surface area (TPSA) is 85.1 Å². The molecule has 0 aliphatic heterocycles. The van der Waals surface area contributed by atoms with Gasteiger partial charge in [-0.05, 0) is 30.7 Å². The third kappa shape index (κ3) is 3.14. The largest absolute Gasteiger partial charge is 0.319 e. The first-order chi connectivity index (χ1) is 9.90. The average molecular weight is 310 g/mol. The van der Waals surface area contributed by atoms with E-state index >= 15 is 0 Å². The van der Waals surface area contributed by atoms with E-state index in [-0.39, 0.29) is 10.7 Å². The molecule has 0 bridgehead atoms. The summed E-state index contributed by atoms with van der Waals surface area (Å²) in [6.45, 7) is 1.72. The molecule has 1 heterocycles. The minimum absolute atomic E-state index is 0.0579. The maximum absolute atomic E-state index is 13.5. The SMILES string of the molecule is Cc1ccnc(Cl)c1NC(=O)c1ccc([N+](=O)[O-])c(F)c1. The van der Waals surface area contributed by atoms with E-state index in [1.165, 1.54) is 6.20 Å². The second kappa shape index (κ2) is 5.84. The van der Waals surface area contributed by atoms with Crippen LogP contribution in [-0.2, 0) is 0 Å². The van der Waals surface area contributed by atoms with Crippen molar-refractivity contribution in [2.45, 2.75) is 6.92 Å². The number of benzene rings is 1. The maximum atomic E-state index is 13.5. The van der Waals surface area contributed by atoms with Gasteiger partial charge < -0.3 is 5.32 Å². The summed E-state index contributed by atoms with van der Waals surface area (Å²) in [5.74, 6) is -1.72. The number of hydrogen-bond donors (Lipinski definition) is 1. The lowest BCUT2D eigenvalue weighted by molar-refractivity contribution is -0.387. The van der Waals surface area contributed by atoms with Gasteiger partial charge in [0, 0.05) is 17.8 Å². The quantitative estimate of drug-likeness (QED) is 0.535. The lowest BCUT2D eigenvalue weighted by Crippen LogP contribution is -2.14. The van der Waals surface area contributed by atoms with Crippen LogP contribution in [0.3, 0.4) is 0 Å². The zero-order valence-electron chi connectivity index (χ0n) is 10.8. The minimum Gasteiger partial charge on any atom is -0.319 e. The highest BCUT2D eigenvalue weighted by Gasteiger charge is 2.17. The lowest BCUT2D eigenvalue weighted by Gasteiger charge is -2.09. The molecular formula is C13H9ClFN3O3. The van der Waals surface area contributed by atoms with Crippen LogP contribution in [-0.4, -0.2) is 15.8 Å². The Balaban J connectivity index is 2.29. The van der Waals surface area contributed by atoms with Gasteiger partial charge >= 0.3 is 5.69 Å². The predicted molar refractivity (Wildman–Crippen MR) is 75.0 cm³/mol. The highest BCUT2D eigenvalue weighted by atomic mass is 35.5. The highest BCUT2D eigenvalue weighted by molar-refractivity contribution is 6.32. The van der Waals surface area contributed by atoms with E-state index in [0.717, 1.165) is 18.2 Å². The Hall–Kier alpha value is -2.54. The Kier molecular flexibility index (Phi) is 4.13. The molecule has 0 aliphatic rings. The number of aromatic nitrogens is 1. The summed E-state index contributed by atoms with van der Waals surface area (Å²) in [7, 11) is 0. The minimum atomic E-state index is -1.08. The summed E-state index contributed by atoms with van der Waals surface area (Å²) in [6, 6.07) is 4.54. The molecule has 6 nitrogen and oxygen atoms in total. The van der Waals surface area contributed by atoms with E-state index in [2.05, 4.69) is 10.3 Å². The van der Waals surface area contributed by atoms with Gasteiger partial charge in [-0.2, -0.15) is 4.39 Å². The van der Waals surface area contributed by atoms with Crippen LogP contribution in [0.15, 0.2) is 30.5 Å². The van der Waals surface area contributed by atoms with E-state index in [4.69, 9.17) is 11.6 Å². The van der Waals surface area contributed by atoms with Crippen LogP contribution in [0.25, 0.3) is 0 Å². The van der Waals surface area contributed by atoms with Gasteiger partial charge in [-0.3, -0.25) is 14.9 Å². The van der Waals surface area contributed by atoms with Crippen LogP contribution in [0.4, 0.5) is 15.8 Å². The zero-order valence-corrected chi connectivity index (χ0v) is 11.5. The normalized spacial score (nSPS) is 10.2. The molecule has 8 heteroatoms. The molecule has 0 aliphatic carbocycles.